The Morgan fingerprint density at radius 3 is 2.52 bits per heavy atom. The molecule has 6 nitrogen and oxygen atoms in total. The van der Waals surface area contributed by atoms with E-state index in [0.29, 0.717) is 19.2 Å². The molecule has 0 N–H and O–H groups in total. The molecule has 1 saturated heterocycles. The van der Waals surface area contributed by atoms with Crippen molar-refractivity contribution >= 4 is 17.1 Å². The van der Waals surface area contributed by atoms with E-state index in [1.165, 1.54) is 11.1 Å². The summed E-state index contributed by atoms with van der Waals surface area (Å²) in [6.07, 6.45) is 1.82. The molecule has 1 unspecified atom stereocenters. The molecule has 0 spiro atoms. The molecule has 1 aromatic heterocycles. The molecule has 4 aromatic rings. The SMILES string of the molecule is COc1ccc(C2CN(c3nc4ccccc4o3)CCO2)cc1OC1Cc2ccccc2C1. The molecule has 0 radical (unpaired) electrons. The van der Waals surface area contributed by atoms with Crippen molar-refractivity contribution in [3.63, 3.8) is 0 Å². The number of morpholine rings is 1. The molecule has 0 amide bonds. The number of hydrogen-bond donors (Lipinski definition) is 0. The smallest absolute Gasteiger partial charge is 0.298 e. The number of nitrogens with zero attached hydrogens (tertiary/aromatic N) is 2. The van der Waals surface area contributed by atoms with Crippen LogP contribution in [0.1, 0.15) is 22.8 Å². The van der Waals surface area contributed by atoms with Crippen LogP contribution < -0.4 is 14.4 Å². The Morgan fingerprint density at radius 1 is 0.939 bits per heavy atom. The van der Waals surface area contributed by atoms with Gasteiger partial charge in [0.15, 0.2) is 17.1 Å². The van der Waals surface area contributed by atoms with Crippen LogP contribution in [0.3, 0.4) is 0 Å². The number of para-hydroxylation sites is 2. The fourth-order valence-electron chi connectivity index (χ4n) is 4.79. The molecule has 3 aromatic carbocycles. The Balaban J connectivity index is 1.22. The first-order valence-electron chi connectivity index (χ1n) is 11.4. The van der Waals surface area contributed by atoms with Crippen molar-refractivity contribution in [2.45, 2.75) is 25.0 Å². The third kappa shape index (κ3) is 3.91. The summed E-state index contributed by atoms with van der Waals surface area (Å²) in [7, 11) is 1.68. The second kappa shape index (κ2) is 8.45. The van der Waals surface area contributed by atoms with Gasteiger partial charge in [0.05, 0.1) is 20.3 Å². The van der Waals surface area contributed by atoms with Crippen LogP contribution in [0.5, 0.6) is 11.5 Å². The zero-order valence-electron chi connectivity index (χ0n) is 18.6. The van der Waals surface area contributed by atoms with Crippen LogP contribution in [0.2, 0.25) is 0 Å². The van der Waals surface area contributed by atoms with E-state index >= 15 is 0 Å². The van der Waals surface area contributed by atoms with Crippen LogP contribution in [-0.2, 0) is 17.6 Å². The average Bonchev–Trinajstić information content (AvgIpc) is 3.48. The van der Waals surface area contributed by atoms with Crippen molar-refractivity contribution in [2.75, 3.05) is 31.7 Å². The van der Waals surface area contributed by atoms with Gasteiger partial charge in [-0.15, -0.1) is 0 Å². The lowest BCUT2D eigenvalue weighted by molar-refractivity contribution is 0.0378. The van der Waals surface area contributed by atoms with Crippen LogP contribution in [0.4, 0.5) is 6.01 Å². The molecular weight excluding hydrogens is 416 g/mol. The minimum Gasteiger partial charge on any atom is -0.493 e. The van der Waals surface area contributed by atoms with Crippen LogP contribution in [-0.4, -0.2) is 37.9 Å². The van der Waals surface area contributed by atoms with Gasteiger partial charge >= 0.3 is 0 Å². The molecule has 0 bridgehead atoms. The lowest BCUT2D eigenvalue weighted by atomic mass is 10.1. The van der Waals surface area contributed by atoms with Gasteiger partial charge in [0.25, 0.3) is 6.01 Å². The molecule has 6 rings (SSSR count). The van der Waals surface area contributed by atoms with Crippen LogP contribution in [0.25, 0.3) is 11.1 Å². The lowest BCUT2D eigenvalue weighted by Gasteiger charge is -2.32. The molecule has 6 heteroatoms. The summed E-state index contributed by atoms with van der Waals surface area (Å²) in [4.78, 5) is 6.80. The maximum atomic E-state index is 6.44. The highest BCUT2D eigenvalue weighted by Crippen LogP contribution is 2.36. The van der Waals surface area contributed by atoms with E-state index in [1.54, 1.807) is 7.11 Å². The third-order valence-electron chi connectivity index (χ3n) is 6.49. The van der Waals surface area contributed by atoms with Crippen molar-refractivity contribution in [3.8, 4) is 11.5 Å². The highest BCUT2D eigenvalue weighted by atomic mass is 16.5. The van der Waals surface area contributed by atoms with Crippen LogP contribution in [0, 0.1) is 0 Å². The molecule has 1 atom stereocenters. The number of anilines is 1. The number of aromatic nitrogens is 1. The van der Waals surface area contributed by atoms with Crippen LogP contribution >= 0.6 is 0 Å². The Hall–Kier alpha value is -3.51. The predicted octanol–water partition coefficient (Wildman–Crippen LogP) is 4.96. The van der Waals surface area contributed by atoms with E-state index in [0.717, 1.165) is 47.5 Å². The molecule has 33 heavy (non-hydrogen) atoms. The first-order valence-corrected chi connectivity index (χ1v) is 11.4. The fraction of sp³-hybridized carbons (Fsp3) is 0.296. The molecule has 168 valence electrons. The van der Waals surface area contributed by atoms with Gasteiger partial charge in [-0.05, 0) is 41.0 Å². The van der Waals surface area contributed by atoms with Crippen molar-refractivity contribution in [2.24, 2.45) is 0 Å². The number of rotatable bonds is 5. The monoisotopic (exact) mass is 442 g/mol. The first-order chi connectivity index (χ1) is 16.3. The molecule has 1 aliphatic carbocycles. The van der Waals surface area contributed by atoms with Crippen molar-refractivity contribution < 1.29 is 18.6 Å². The Morgan fingerprint density at radius 2 is 1.73 bits per heavy atom. The summed E-state index contributed by atoms with van der Waals surface area (Å²) >= 11 is 0. The van der Waals surface area contributed by atoms with E-state index in [1.807, 2.05) is 30.3 Å². The van der Waals surface area contributed by atoms with Crippen molar-refractivity contribution in [1.82, 2.24) is 4.98 Å². The van der Waals surface area contributed by atoms with E-state index in [-0.39, 0.29) is 12.2 Å². The first kappa shape index (κ1) is 20.1. The minimum atomic E-state index is -0.109. The zero-order valence-corrected chi connectivity index (χ0v) is 18.6. The Labute approximate surface area is 192 Å². The van der Waals surface area contributed by atoms with Gasteiger partial charge in [0, 0.05) is 19.4 Å². The van der Waals surface area contributed by atoms with E-state index in [4.69, 9.17) is 18.6 Å². The van der Waals surface area contributed by atoms with Gasteiger partial charge in [0.1, 0.15) is 17.7 Å². The minimum absolute atomic E-state index is 0.107. The number of hydrogen-bond acceptors (Lipinski definition) is 6. The quantitative estimate of drug-likeness (QED) is 0.435. The van der Waals surface area contributed by atoms with Gasteiger partial charge in [0.2, 0.25) is 0 Å². The van der Waals surface area contributed by atoms with Crippen molar-refractivity contribution in [3.05, 3.63) is 83.4 Å². The molecule has 2 heterocycles. The maximum Gasteiger partial charge on any atom is 0.298 e. The molecule has 0 saturated carbocycles. The number of benzene rings is 3. The van der Waals surface area contributed by atoms with Gasteiger partial charge in [-0.2, -0.15) is 4.98 Å². The summed E-state index contributed by atoms with van der Waals surface area (Å²) in [6, 6.07) is 23.1. The lowest BCUT2D eigenvalue weighted by Crippen LogP contribution is -2.38. The molecule has 2 aliphatic rings. The molecule has 1 fully saturated rings. The standard InChI is InChI=1S/C27H26N2O4/c1-30-24-11-10-20(16-25(24)32-21-14-18-6-2-3-7-19(18)15-21)26-17-29(12-13-31-26)27-28-22-8-4-5-9-23(22)33-27/h2-11,16,21,26H,12-15,17H2,1H3. The second-order valence-corrected chi connectivity index (χ2v) is 8.60. The summed E-state index contributed by atoms with van der Waals surface area (Å²) in [5.41, 5.74) is 5.45. The fourth-order valence-corrected chi connectivity index (χ4v) is 4.79. The molecule has 1 aliphatic heterocycles. The summed E-state index contributed by atoms with van der Waals surface area (Å²) in [6.45, 7) is 2.00. The highest BCUT2D eigenvalue weighted by molar-refractivity contribution is 5.74. The van der Waals surface area contributed by atoms with Gasteiger partial charge in [-0.3, -0.25) is 0 Å². The largest absolute Gasteiger partial charge is 0.493 e. The Kier molecular flexibility index (Phi) is 5.15. The molecular formula is C27H26N2O4. The van der Waals surface area contributed by atoms with Gasteiger partial charge in [-0.1, -0.05) is 42.5 Å². The Bertz CT molecular complexity index is 1230. The van der Waals surface area contributed by atoms with Gasteiger partial charge < -0.3 is 23.5 Å². The normalized spacial score (nSPS) is 18.5. The third-order valence-corrected chi connectivity index (χ3v) is 6.49. The topological polar surface area (TPSA) is 57.0 Å². The highest BCUT2D eigenvalue weighted by Gasteiger charge is 2.28. The van der Waals surface area contributed by atoms with E-state index in [2.05, 4.69) is 46.3 Å². The number of oxazole rings is 1. The van der Waals surface area contributed by atoms with E-state index in [9.17, 15) is 0 Å². The van der Waals surface area contributed by atoms with E-state index < -0.39 is 0 Å². The number of methoxy groups -OCH3 is 1. The number of fused-ring (bicyclic) bond motifs is 2. The summed E-state index contributed by atoms with van der Waals surface area (Å²) < 4.78 is 24.2. The van der Waals surface area contributed by atoms with Crippen LogP contribution in [0.15, 0.2) is 71.1 Å². The average molecular weight is 443 g/mol. The van der Waals surface area contributed by atoms with Crippen molar-refractivity contribution in [1.29, 1.82) is 0 Å². The maximum absolute atomic E-state index is 6.44. The summed E-state index contributed by atoms with van der Waals surface area (Å²) in [5.74, 6) is 1.50. The number of ether oxygens (including phenoxy) is 3. The van der Waals surface area contributed by atoms with Gasteiger partial charge in [-0.25, -0.2) is 0 Å². The zero-order chi connectivity index (χ0) is 22.2. The summed E-state index contributed by atoms with van der Waals surface area (Å²) in [5, 5.41) is 0. The second-order valence-electron chi connectivity index (χ2n) is 8.60. The predicted molar refractivity (Wildman–Crippen MR) is 126 cm³/mol.